The van der Waals surface area contributed by atoms with E-state index in [4.69, 9.17) is 11.2 Å². The van der Waals surface area contributed by atoms with Gasteiger partial charge in [0.15, 0.2) is 0 Å². The molecule has 0 N–H and O–H groups in total. The van der Waals surface area contributed by atoms with E-state index in [1.165, 1.54) is 23.7 Å². The lowest BCUT2D eigenvalue weighted by atomic mass is 10.2. The van der Waals surface area contributed by atoms with Crippen LogP contribution in [-0.2, 0) is 16.6 Å². The molecule has 2 rings (SSSR count). The van der Waals surface area contributed by atoms with E-state index in [1.54, 1.807) is 10.7 Å². The van der Waals surface area contributed by atoms with Crippen LogP contribution in [0.4, 0.5) is 0 Å². The fourth-order valence-corrected chi connectivity index (χ4v) is 3.23. The van der Waals surface area contributed by atoms with Gasteiger partial charge in [-0.15, -0.1) is 6.42 Å². The molecule has 0 fully saturated rings. The van der Waals surface area contributed by atoms with Crippen molar-refractivity contribution in [3.63, 3.8) is 0 Å². The van der Waals surface area contributed by atoms with E-state index >= 15 is 0 Å². The number of benzene rings is 1. The highest BCUT2D eigenvalue weighted by atomic mass is 32.2. The van der Waals surface area contributed by atoms with Gasteiger partial charge in [0.1, 0.15) is 17.3 Å². The van der Waals surface area contributed by atoms with E-state index in [1.807, 2.05) is 32.0 Å². The molecule has 7 heteroatoms. The van der Waals surface area contributed by atoms with Crippen LogP contribution in [0.3, 0.4) is 0 Å². The Hall–Kier alpha value is -2.30. The minimum Gasteiger partial charge on any atom is -0.481 e. The summed E-state index contributed by atoms with van der Waals surface area (Å²) in [5.74, 6) is 2.98. The quantitative estimate of drug-likeness (QED) is 0.721. The Labute approximate surface area is 143 Å². The Balaban J connectivity index is 2.22. The smallest absolute Gasteiger partial charge is 0.246 e. The third-order valence-corrected chi connectivity index (χ3v) is 5.25. The van der Waals surface area contributed by atoms with Gasteiger partial charge in [0, 0.05) is 31.4 Å². The van der Waals surface area contributed by atoms with Crippen molar-refractivity contribution in [1.82, 2.24) is 14.1 Å². The van der Waals surface area contributed by atoms with Gasteiger partial charge in [0.05, 0.1) is 6.20 Å². The minimum atomic E-state index is -3.63. The molecule has 1 heterocycles. The van der Waals surface area contributed by atoms with E-state index < -0.39 is 10.0 Å². The Bertz CT molecular complexity index is 835. The van der Waals surface area contributed by atoms with Crippen molar-refractivity contribution in [1.29, 1.82) is 0 Å². The summed E-state index contributed by atoms with van der Waals surface area (Å²) in [7, 11) is -2.11. The van der Waals surface area contributed by atoms with Gasteiger partial charge < -0.3 is 4.74 Å². The normalized spacial score (nSPS) is 11.7. The van der Waals surface area contributed by atoms with Crippen molar-refractivity contribution in [2.45, 2.75) is 31.3 Å². The molecule has 1 aromatic carbocycles. The van der Waals surface area contributed by atoms with Gasteiger partial charge in [-0.25, -0.2) is 8.42 Å². The number of hydrogen-bond donors (Lipinski definition) is 0. The second kappa shape index (κ2) is 7.51. The molecule has 0 radical (unpaired) electrons. The summed E-state index contributed by atoms with van der Waals surface area (Å²) >= 11 is 0. The molecule has 6 nitrogen and oxygen atoms in total. The van der Waals surface area contributed by atoms with Gasteiger partial charge in [-0.1, -0.05) is 24.1 Å². The first-order valence-electron chi connectivity index (χ1n) is 7.51. The van der Waals surface area contributed by atoms with Crippen molar-refractivity contribution >= 4 is 10.0 Å². The lowest BCUT2D eigenvalue weighted by Gasteiger charge is -2.18. The number of para-hydroxylation sites is 1. The number of ether oxygens (including phenoxy) is 1. The average molecular weight is 347 g/mol. The fourth-order valence-electron chi connectivity index (χ4n) is 2.14. The van der Waals surface area contributed by atoms with Crippen LogP contribution >= 0.6 is 0 Å². The van der Waals surface area contributed by atoms with Crippen molar-refractivity contribution in [2.24, 2.45) is 0 Å². The van der Waals surface area contributed by atoms with E-state index in [-0.39, 0.29) is 24.1 Å². The molecule has 0 amide bonds. The Kier molecular flexibility index (Phi) is 5.65. The van der Waals surface area contributed by atoms with Crippen LogP contribution in [-0.4, -0.2) is 36.2 Å². The summed E-state index contributed by atoms with van der Waals surface area (Å²) in [6, 6.07) is 7.32. The second-order valence-electron chi connectivity index (χ2n) is 5.61. The summed E-state index contributed by atoms with van der Waals surface area (Å²) in [5.41, 5.74) is 0.745. The monoisotopic (exact) mass is 347 g/mol. The molecule has 0 spiro atoms. The summed E-state index contributed by atoms with van der Waals surface area (Å²) in [6.07, 6.45) is 8.12. The van der Waals surface area contributed by atoms with Gasteiger partial charge in [0.2, 0.25) is 10.0 Å². The third-order valence-electron chi connectivity index (χ3n) is 3.49. The van der Waals surface area contributed by atoms with Crippen LogP contribution in [0.1, 0.15) is 25.5 Å². The zero-order valence-corrected chi connectivity index (χ0v) is 14.8. The van der Waals surface area contributed by atoms with Crippen LogP contribution in [0.25, 0.3) is 0 Å². The molecule has 0 saturated carbocycles. The van der Waals surface area contributed by atoms with Crippen molar-refractivity contribution < 1.29 is 13.2 Å². The molecule has 0 aliphatic rings. The average Bonchev–Trinajstić information content (AvgIpc) is 3.05. The zero-order valence-electron chi connectivity index (χ0n) is 14.0. The zero-order chi connectivity index (χ0) is 17.7. The molecule has 0 atom stereocenters. The second-order valence-corrected chi connectivity index (χ2v) is 7.66. The van der Waals surface area contributed by atoms with Crippen LogP contribution < -0.4 is 4.74 Å². The molecule has 0 aliphatic carbocycles. The highest BCUT2D eigenvalue weighted by Crippen LogP contribution is 2.23. The van der Waals surface area contributed by atoms with E-state index in [0.29, 0.717) is 5.75 Å². The predicted molar refractivity (Wildman–Crippen MR) is 92.0 cm³/mol. The summed E-state index contributed by atoms with van der Waals surface area (Å²) in [5, 5.41) is 4.09. The van der Waals surface area contributed by atoms with Crippen LogP contribution in [0.15, 0.2) is 41.6 Å². The van der Waals surface area contributed by atoms with Gasteiger partial charge in [-0.2, -0.15) is 9.40 Å². The summed E-state index contributed by atoms with van der Waals surface area (Å²) < 4.78 is 33.7. The Morgan fingerprint density at radius 3 is 2.71 bits per heavy atom. The lowest BCUT2D eigenvalue weighted by molar-refractivity contribution is 0.360. The number of nitrogens with zero attached hydrogens (tertiary/aromatic N) is 3. The fraction of sp³-hybridized carbons (Fsp3) is 0.353. The van der Waals surface area contributed by atoms with Crippen molar-refractivity contribution in [3.05, 3.63) is 42.2 Å². The number of hydrogen-bond acceptors (Lipinski definition) is 4. The van der Waals surface area contributed by atoms with Crippen LogP contribution in [0.2, 0.25) is 0 Å². The minimum absolute atomic E-state index is 0.0946. The maximum absolute atomic E-state index is 12.7. The first-order valence-corrected chi connectivity index (χ1v) is 8.95. The largest absolute Gasteiger partial charge is 0.481 e. The van der Waals surface area contributed by atoms with Crippen LogP contribution in [0, 0.1) is 12.3 Å². The summed E-state index contributed by atoms with van der Waals surface area (Å²) in [4.78, 5) is 0.167. The third kappa shape index (κ3) is 3.96. The molecule has 0 saturated heterocycles. The van der Waals surface area contributed by atoms with Crippen molar-refractivity contribution in [2.75, 3.05) is 13.7 Å². The maximum Gasteiger partial charge on any atom is 0.246 e. The SMILES string of the molecule is C#CCOc1ccccc1CN(C)S(=O)(=O)c1cnn(C(C)C)c1. The Morgan fingerprint density at radius 2 is 2.08 bits per heavy atom. The van der Waals surface area contributed by atoms with E-state index in [0.717, 1.165) is 5.56 Å². The van der Waals surface area contributed by atoms with Crippen molar-refractivity contribution in [3.8, 4) is 18.1 Å². The molecule has 0 unspecified atom stereocenters. The molecule has 2 aromatic rings. The molecule has 0 aliphatic heterocycles. The molecule has 1 aromatic heterocycles. The predicted octanol–water partition coefficient (Wildman–Crippen LogP) is 2.30. The van der Waals surface area contributed by atoms with E-state index in [2.05, 4.69) is 11.0 Å². The van der Waals surface area contributed by atoms with Gasteiger partial charge in [0.25, 0.3) is 0 Å². The summed E-state index contributed by atoms with van der Waals surface area (Å²) in [6.45, 7) is 4.18. The number of terminal acetylenes is 1. The van der Waals surface area contributed by atoms with Gasteiger partial charge >= 0.3 is 0 Å². The standard InChI is InChI=1S/C17H21N3O3S/c1-5-10-23-17-9-7-6-8-15(17)12-19(4)24(21,22)16-11-18-20(13-16)14(2)3/h1,6-9,11,13-14H,10,12H2,2-4H3. The maximum atomic E-state index is 12.7. The van der Waals surface area contributed by atoms with E-state index in [9.17, 15) is 8.42 Å². The number of aromatic nitrogens is 2. The molecular formula is C17H21N3O3S. The highest BCUT2D eigenvalue weighted by molar-refractivity contribution is 7.89. The first kappa shape index (κ1) is 18.0. The first-order chi connectivity index (χ1) is 11.4. The molecule has 128 valence electrons. The van der Waals surface area contributed by atoms with Gasteiger partial charge in [-0.3, -0.25) is 4.68 Å². The molecule has 24 heavy (non-hydrogen) atoms. The lowest BCUT2D eigenvalue weighted by Crippen LogP contribution is -2.26. The Morgan fingerprint density at radius 1 is 1.38 bits per heavy atom. The molecule has 0 bridgehead atoms. The highest BCUT2D eigenvalue weighted by Gasteiger charge is 2.24. The number of rotatable bonds is 7. The van der Waals surface area contributed by atoms with Gasteiger partial charge in [-0.05, 0) is 19.9 Å². The molecular weight excluding hydrogens is 326 g/mol. The van der Waals surface area contributed by atoms with Crippen LogP contribution in [0.5, 0.6) is 5.75 Å². The topological polar surface area (TPSA) is 64.4 Å². The number of sulfonamides is 1.